The Bertz CT molecular complexity index is 801. The number of rotatable bonds is 4. The molecule has 1 N–H and O–H groups in total. The fourth-order valence-corrected chi connectivity index (χ4v) is 7.48. The molecule has 4 aliphatic carbocycles. The summed E-state index contributed by atoms with van der Waals surface area (Å²) in [6, 6.07) is 0. The zero-order chi connectivity index (χ0) is 21.7. The average Bonchev–Trinajstić information content (AvgIpc) is 2.95. The summed E-state index contributed by atoms with van der Waals surface area (Å²) in [6.45, 7) is 10.1. The molecular formula is C25H35NO4. The van der Waals surface area contributed by atoms with Crippen LogP contribution in [0.5, 0.6) is 0 Å². The van der Waals surface area contributed by atoms with Gasteiger partial charge in [-0.25, -0.2) is 0 Å². The number of carbonyl (C=O) groups is 3. The lowest BCUT2D eigenvalue weighted by Gasteiger charge is -2.57. The van der Waals surface area contributed by atoms with E-state index in [2.05, 4.69) is 31.8 Å². The van der Waals surface area contributed by atoms with Gasteiger partial charge in [-0.3, -0.25) is 14.4 Å². The van der Waals surface area contributed by atoms with Crippen molar-refractivity contribution in [3.8, 4) is 0 Å². The quantitative estimate of drug-likeness (QED) is 0.430. The van der Waals surface area contributed by atoms with Gasteiger partial charge in [-0.2, -0.15) is 0 Å². The maximum absolute atomic E-state index is 13.0. The minimum atomic E-state index is -0.203. The third-order valence-electron chi connectivity index (χ3n) is 9.10. The molecule has 30 heavy (non-hydrogen) atoms. The molecule has 0 aromatic rings. The number of nitrogens with one attached hydrogen (secondary N) is 1. The minimum absolute atomic E-state index is 0.0122. The van der Waals surface area contributed by atoms with Gasteiger partial charge in [0.15, 0.2) is 0 Å². The van der Waals surface area contributed by atoms with Crippen LogP contribution in [0.3, 0.4) is 0 Å². The van der Waals surface area contributed by atoms with E-state index < -0.39 is 0 Å². The highest BCUT2D eigenvalue weighted by Crippen LogP contribution is 2.65. The monoisotopic (exact) mass is 413 g/mol. The second-order valence-corrected chi connectivity index (χ2v) is 10.5. The Morgan fingerprint density at radius 3 is 2.70 bits per heavy atom. The molecule has 7 atom stereocenters. The van der Waals surface area contributed by atoms with Crippen LogP contribution < -0.4 is 5.32 Å². The van der Waals surface area contributed by atoms with Crippen LogP contribution in [0, 0.1) is 34.5 Å². The molecular weight excluding hydrogens is 378 g/mol. The van der Waals surface area contributed by atoms with E-state index in [4.69, 9.17) is 4.74 Å². The summed E-state index contributed by atoms with van der Waals surface area (Å²) in [5.41, 5.74) is 1.58. The van der Waals surface area contributed by atoms with E-state index in [-0.39, 0.29) is 34.7 Å². The van der Waals surface area contributed by atoms with E-state index in [9.17, 15) is 14.4 Å². The standard InChI is InChI=1S/C25H35NO4/c1-5-23(29)26-14-21-22(28)13-20-18-7-6-16-12-17(30-15(2)27)8-10-24(16,3)19(18)9-11-25(20,21)4/h5-6,17-21H,1,7-14H2,2-4H3,(H,26,29)/t17-,18+,19-,20-,21?,24-,25-/m0/s1. The molecule has 0 aliphatic heterocycles. The van der Waals surface area contributed by atoms with Crippen molar-refractivity contribution in [3.05, 3.63) is 24.3 Å². The number of allylic oxidation sites excluding steroid dienone is 1. The van der Waals surface area contributed by atoms with Gasteiger partial charge in [-0.05, 0) is 66.8 Å². The Balaban J connectivity index is 1.54. The third-order valence-corrected chi connectivity index (χ3v) is 9.10. The molecule has 164 valence electrons. The van der Waals surface area contributed by atoms with Crippen LogP contribution in [0.2, 0.25) is 0 Å². The van der Waals surface area contributed by atoms with Crippen LogP contribution in [-0.2, 0) is 19.1 Å². The third kappa shape index (κ3) is 3.34. The zero-order valence-corrected chi connectivity index (χ0v) is 18.5. The lowest BCUT2D eigenvalue weighted by atomic mass is 9.47. The lowest BCUT2D eigenvalue weighted by Crippen LogP contribution is -2.51. The van der Waals surface area contributed by atoms with Crippen LogP contribution in [-0.4, -0.2) is 30.3 Å². The summed E-state index contributed by atoms with van der Waals surface area (Å²) < 4.78 is 5.52. The molecule has 0 aromatic heterocycles. The average molecular weight is 414 g/mol. The summed E-state index contributed by atoms with van der Waals surface area (Å²) in [5, 5.41) is 2.88. The second-order valence-electron chi connectivity index (χ2n) is 10.5. The molecule has 0 saturated heterocycles. The minimum Gasteiger partial charge on any atom is -0.462 e. The number of carbonyl (C=O) groups excluding carboxylic acids is 3. The predicted octanol–water partition coefficient (Wildman–Crippen LogP) is 3.98. The summed E-state index contributed by atoms with van der Waals surface area (Å²) >= 11 is 0. The largest absolute Gasteiger partial charge is 0.462 e. The molecule has 0 bridgehead atoms. The Kier molecular flexibility index (Phi) is 5.44. The first kappa shape index (κ1) is 21.3. The maximum atomic E-state index is 13.0. The van der Waals surface area contributed by atoms with Crippen LogP contribution in [0.15, 0.2) is 24.3 Å². The second kappa shape index (κ2) is 7.65. The summed E-state index contributed by atoms with van der Waals surface area (Å²) in [4.78, 5) is 36.1. The Labute approximate surface area is 179 Å². The van der Waals surface area contributed by atoms with Crippen molar-refractivity contribution in [2.24, 2.45) is 34.5 Å². The van der Waals surface area contributed by atoms with E-state index in [1.807, 2.05) is 0 Å². The smallest absolute Gasteiger partial charge is 0.302 e. The van der Waals surface area contributed by atoms with Gasteiger partial charge >= 0.3 is 5.97 Å². The van der Waals surface area contributed by atoms with Crippen molar-refractivity contribution in [2.75, 3.05) is 6.54 Å². The highest BCUT2D eigenvalue weighted by molar-refractivity contribution is 5.89. The number of fused-ring (bicyclic) bond motifs is 5. The normalized spacial score (nSPS) is 42.3. The first-order chi connectivity index (χ1) is 14.2. The molecule has 1 amide bonds. The van der Waals surface area contributed by atoms with Crippen LogP contribution >= 0.6 is 0 Å². The summed E-state index contributed by atoms with van der Waals surface area (Å²) in [7, 11) is 0. The number of hydrogen-bond acceptors (Lipinski definition) is 4. The lowest BCUT2D eigenvalue weighted by molar-refractivity contribution is -0.148. The van der Waals surface area contributed by atoms with Crippen molar-refractivity contribution < 1.29 is 19.1 Å². The highest BCUT2D eigenvalue weighted by Gasteiger charge is 2.61. The van der Waals surface area contributed by atoms with E-state index in [1.165, 1.54) is 18.6 Å². The van der Waals surface area contributed by atoms with Crippen LogP contribution in [0.25, 0.3) is 0 Å². The van der Waals surface area contributed by atoms with Gasteiger partial charge in [0.2, 0.25) is 5.91 Å². The molecule has 0 aromatic carbocycles. The SMILES string of the molecule is C=CC(=O)NCC1C(=O)C[C@H]2[C@@H]3CC=C4C[C@@H](OC(C)=O)CC[C@]4(C)[C@H]3CC[C@]12C. The predicted molar refractivity (Wildman–Crippen MR) is 114 cm³/mol. The van der Waals surface area contributed by atoms with Crippen molar-refractivity contribution in [2.45, 2.75) is 71.8 Å². The van der Waals surface area contributed by atoms with Crippen molar-refractivity contribution in [1.82, 2.24) is 5.32 Å². The van der Waals surface area contributed by atoms with Crippen molar-refractivity contribution in [3.63, 3.8) is 0 Å². The van der Waals surface area contributed by atoms with Gasteiger partial charge in [0.1, 0.15) is 11.9 Å². The van der Waals surface area contributed by atoms with Crippen LogP contribution in [0.1, 0.15) is 65.7 Å². The fourth-order valence-electron chi connectivity index (χ4n) is 7.48. The van der Waals surface area contributed by atoms with E-state index in [0.717, 1.165) is 38.5 Å². The van der Waals surface area contributed by atoms with Gasteiger partial charge in [0.05, 0.1) is 0 Å². The van der Waals surface area contributed by atoms with Gasteiger partial charge in [-0.15, -0.1) is 0 Å². The number of hydrogen-bond donors (Lipinski definition) is 1. The Hall–Kier alpha value is -1.91. The number of Topliss-reactive ketones (excluding diaryl/α,β-unsaturated/α-hetero) is 1. The molecule has 0 spiro atoms. The molecule has 3 saturated carbocycles. The van der Waals surface area contributed by atoms with E-state index in [0.29, 0.717) is 36.5 Å². The summed E-state index contributed by atoms with van der Waals surface area (Å²) in [5.74, 6) is 1.32. The Morgan fingerprint density at radius 1 is 1.23 bits per heavy atom. The number of esters is 1. The van der Waals surface area contributed by atoms with Gasteiger partial charge in [0, 0.05) is 32.2 Å². The number of ether oxygens (including phenoxy) is 1. The van der Waals surface area contributed by atoms with Crippen LogP contribution in [0.4, 0.5) is 0 Å². The highest BCUT2D eigenvalue weighted by atomic mass is 16.5. The molecule has 5 nitrogen and oxygen atoms in total. The van der Waals surface area contributed by atoms with Gasteiger partial charge in [-0.1, -0.05) is 32.1 Å². The fraction of sp³-hybridized carbons (Fsp3) is 0.720. The maximum Gasteiger partial charge on any atom is 0.302 e. The topological polar surface area (TPSA) is 72.5 Å². The molecule has 4 rings (SSSR count). The zero-order valence-electron chi connectivity index (χ0n) is 18.5. The molecule has 5 heteroatoms. The molecule has 4 aliphatic rings. The molecule has 3 fully saturated rings. The van der Waals surface area contributed by atoms with Gasteiger partial charge in [0.25, 0.3) is 0 Å². The first-order valence-electron chi connectivity index (χ1n) is 11.5. The Morgan fingerprint density at radius 2 is 2.00 bits per heavy atom. The number of amides is 1. The molecule has 0 radical (unpaired) electrons. The van der Waals surface area contributed by atoms with Crippen molar-refractivity contribution >= 4 is 17.7 Å². The number of ketones is 1. The molecule has 0 heterocycles. The molecule has 1 unspecified atom stereocenters. The first-order valence-corrected chi connectivity index (χ1v) is 11.5. The van der Waals surface area contributed by atoms with Crippen molar-refractivity contribution in [1.29, 1.82) is 0 Å². The summed E-state index contributed by atoms with van der Waals surface area (Å²) in [6.07, 6.45) is 10.3. The van der Waals surface area contributed by atoms with Gasteiger partial charge < -0.3 is 10.1 Å². The van der Waals surface area contributed by atoms with E-state index in [1.54, 1.807) is 0 Å². The van der Waals surface area contributed by atoms with E-state index >= 15 is 0 Å².